The van der Waals surface area contributed by atoms with Gasteiger partial charge in [0.05, 0.1) is 12.6 Å². The summed E-state index contributed by atoms with van der Waals surface area (Å²) in [7, 11) is 0. The summed E-state index contributed by atoms with van der Waals surface area (Å²) in [5.41, 5.74) is 0.941. The van der Waals surface area contributed by atoms with Gasteiger partial charge in [-0.1, -0.05) is 12.1 Å². The zero-order chi connectivity index (χ0) is 9.97. The van der Waals surface area contributed by atoms with E-state index >= 15 is 0 Å². The van der Waals surface area contributed by atoms with Gasteiger partial charge >= 0.3 is 0 Å². The fraction of sp³-hybridized carbons (Fsp3) is 0.300. The topological polar surface area (TPSA) is 58.6 Å². The summed E-state index contributed by atoms with van der Waals surface area (Å²) in [5, 5.41) is 11.9. The number of carbonyl (C=O) groups is 1. The molecule has 1 amide bonds. The molecule has 14 heavy (non-hydrogen) atoms. The molecule has 2 rings (SSSR count). The molecule has 1 aliphatic heterocycles. The van der Waals surface area contributed by atoms with E-state index < -0.39 is 0 Å². The Morgan fingerprint density at radius 1 is 1.36 bits per heavy atom. The summed E-state index contributed by atoms with van der Waals surface area (Å²) in [4.78, 5) is 11.0. The fourth-order valence-electron chi connectivity index (χ4n) is 1.43. The molecule has 4 nitrogen and oxygen atoms in total. The average Bonchev–Trinajstić information content (AvgIpc) is 2.19. The second-order valence-electron chi connectivity index (χ2n) is 3.23. The molecule has 74 valence electrons. The Morgan fingerprint density at radius 3 is 2.71 bits per heavy atom. The van der Waals surface area contributed by atoms with E-state index in [0.717, 1.165) is 5.56 Å². The van der Waals surface area contributed by atoms with Crippen LogP contribution < -0.4 is 5.32 Å². The van der Waals surface area contributed by atoms with Crippen LogP contribution in [0.15, 0.2) is 24.3 Å². The summed E-state index contributed by atoms with van der Waals surface area (Å²) < 4.78 is 5.10. The van der Waals surface area contributed by atoms with Crippen molar-refractivity contribution < 1.29 is 14.6 Å². The van der Waals surface area contributed by atoms with Crippen LogP contribution in [0, 0.1) is 0 Å². The molecule has 1 heterocycles. The smallest absolute Gasteiger partial charge is 0.246 e. The molecule has 1 aliphatic rings. The highest BCUT2D eigenvalue weighted by Crippen LogP contribution is 2.18. The fourth-order valence-corrected chi connectivity index (χ4v) is 1.43. The summed E-state index contributed by atoms with van der Waals surface area (Å²) in [6.45, 7) is 0.616. The third-order valence-electron chi connectivity index (χ3n) is 2.15. The number of nitrogens with one attached hydrogen (secondary N) is 1. The van der Waals surface area contributed by atoms with Gasteiger partial charge in [0, 0.05) is 0 Å². The normalized spacial score (nSPS) is 21.7. The van der Waals surface area contributed by atoms with Crippen molar-refractivity contribution in [3.8, 4) is 5.75 Å². The van der Waals surface area contributed by atoms with Gasteiger partial charge < -0.3 is 15.2 Å². The molecular weight excluding hydrogens is 182 g/mol. The van der Waals surface area contributed by atoms with E-state index in [0.29, 0.717) is 6.61 Å². The molecule has 0 radical (unpaired) electrons. The molecule has 4 heteroatoms. The number of phenols is 1. The summed E-state index contributed by atoms with van der Waals surface area (Å²) in [6.07, 6.45) is 0. The van der Waals surface area contributed by atoms with Gasteiger partial charge in [-0.3, -0.25) is 4.79 Å². The average molecular weight is 193 g/mol. The lowest BCUT2D eigenvalue weighted by atomic mass is 10.1. The maximum absolute atomic E-state index is 11.0. The van der Waals surface area contributed by atoms with Crippen LogP contribution in [0.4, 0.5) is 0 Å². The van der Waals surface area contributed by atoms with Crippen molar-refractivity contribution in [1.82, 2.24) is 5.32 Å². The van der Waals surface area contributed by atoms with Gasteiger partial charge in [0.25, 0.3) is 0 Å². The van der Waals surface area contributed by atoms with Crippen molar-refractivity contribution in [2.75, 3.05) is 13.2 Å². The van der Waals surface area contributed by atoms with Crippen LogP contribution in [0.25, 0.3) is 0 Å². The highest BCUT2D eigenvalue weighted by molar-refractivity contribution is 5.78. The minimum Gasteiger partial charge on any atom is -0.508 e. The van der Waals surface area contributed by atoms with Gasteiger partial charge in [0.1, 0.15) is 12.4 Å². The van der Waals surface area contributed by atoms with Gasteiger partial charge in [0.15, 0.2) is 0 Å². The molecule has 0 aliphatic carbocycles. The van der Waals surface area contributed by atoms with Crippen molar-refractivity contribution in [2.45, 2.75) is 6.04 Å². The lowest BCUT2D eigenvalue weighted by Gasteiger charge is -2.23. The van der Waals surface area contributed by atoms with Crippen molar-refractivity contribution in [2.24, 2.45) is 0 Å². The summed E-state index contributed by atoms with van der Waals surface area (Å²) in [6, 6.07) is 6.63. The Hall–Kier alpha value is -1.55. The lowest BCUT2D eigenvalue weighted by molar-refractivity contribution is -0.131. The third kappa shape index (κ3) is 1.85. The van der Waals surface area contributed by atoms with E-state index in [-0.39, 0.29) is 24.3 Å². The third-order valence-corrected chi connectivity index (χ3v) is 2.15. The van der Waals surface area contributed by atoms with E-state index in [9.17, 15) is 4.79 Å². The molecule has 0 unspecified atom stereocenters. The van der Waals surface area contributed by atoms with Crippen LogP contribution in [0.5, 0.6) is 5.75 Å². The van der Waals surface area contributed by atoms with Gasteiger partial charge in [-0.2, -0.15) is 0 Å². The summed E-state index contributed by atoms with van der Waals surface area (Å²) >= 11 is 0. The van der Waals surface area contributed by atoms with Crippen molar-refractivity contribution in [3.63, 3.8) is 0 Å². The number of hydrogen-bond acceptors (Lipinski definition) is 3. The van der Waals surface area contributed by atoms with E-state index in [4.69, 9.17) is 9.84 Å². The number of morpholine rings is 1. The Labute approximate surface area is 81.5 Å². The van der Waals surface area contributed by atoms with Crippen molar-refractivity contribution in [1.29, 1.82) is 0 Å². The number of amides is 1. The van der Waals surface area contributed by atoms with Gasteiger partial charge in [-0.15, -0.1) is 0 Å². The molecule has 0 saturated carbocycles. The van der Waals surface area contributed by atoms with Gasteiger partial charge in [-0.05, 0) is 17.7 Å². The lowest BCUT2D eigenvalue weighted by Crippen LogP contribution is -2.39. The first kappa shape index (κ1) is 9.02. The number of ether oxygens (including phenoxy) is 1. The van der Waals surface area contributed by atoms with Crippen molar-refractivity contribution in [3.05, 3.63) is 29.8 Å². The van der Waals surface area contributed by atoms with Crippen LogP contribution in [-0.2, 0) is 9.53 Å². The van der Waals surface area contributed by atoms with Gasteiger partial charge in [0.2, 0.25) is 5.91 Å². The van der Waals surface area contributed by atoms with Crippen molar-refractivity contribution >= 4 is 5.91 Å². The molecule has 0 aromatic heterocycles. The Kier molecular flexibility index (Phi) is 2.37. The standard InChI is InChI=1S/C10H11NO3/c12-8-3-1-7(2-4-8)9-5-14-6-10(13)11-9/h1-4,9,12H,5-6H2,(H,11,13)/t9-/m1/s1. The maximum atomic E-state index is 11.0. The molecule has 1 saturated heterocycles. The van der Waals surface area contributed by atoms with E-state index in [1.807, 2.05) is 0 Å². The zero-order valence-corrected chi connectivity index (χ0v) is 7.56. The number of aromatic hydroxyl groups is 1. The predicted octanol–water partition coefficient (Wildman–Crippen LogP) is 0.580. The Morgan fingerprint density at radius 2 is 2.07 bits per heavy atom. The first-order chi connectivity index (χ1) is 6.75. The van der Waals surface area contributed by atoms with E-state index in [1.54, 1.807) is 24.3 Å². The van der Waals surface area contributed by atoms with E-state index in [2.05, 4.69) is 5.32 Å². The molecule has 0 spiro atoms. The minimum atomic E-state index is -0.102. The second kappa shape index (κ2) is 3.67. The molecule has 1 aromatic rings. The first-order valence-electron chi connectivity index (χ1n) is 4.42. The maximum Gasteiger partial charge on any atom is 0.246 e. The van der Waals surface area contributed by atoms with E-state index in [1.165, 1.54) is 0 Å². The van der Waals surface area contributed by atoms with Crippen LogP contribution in [0.3, 0.4) is 0 Å². The van der Waals surface area contributed by atoms with Crippen LogP contribution in [0.2, 0.25) is 0 Å². The molecular formula is C10H11NO3. The van der Waals surface area contributed by atoms with Gasteiger partial charge in [-0.25, -0.2) is 0 Å². The highest BCUT2D eigenvalue weighted by atomic mass is 16.5. The molecule has 1 aromatic carbocycles. The molecule has 2 N–H and O–H groups in total. The second-order valence-corrected chi connectivity index (χ2v) is 3.23. The number of rotatable bonds is 1. The van der Waals surface area contributed by atoms with Crippen LogP contribution in [-0.4, -0.2) is 24.2 Å². The van der Waals surface area contributed by atoms with Crippen LogP contribution in [0.1, 0.15) is 11.6 Å². The highest BCUT2D eigenvalue weighted by Gasteiger charge is 2.19. The molecule has 1 atom stereocenters. The monoisotopic (exact) mass is 193 g/mol. The zero-order valence-electron chi connectivity index (χ0n) is 7.56. The number of phenolic OH excluding ortho intramolecular Hbond substituents is 1. The molecule has 1 fully saturated rings. The first-order valence-corrected chi connectivity index (χ1v) is 4.42. The number of benzene rings is 1. The Bertz CT molecular complexity index is 334. The number of hydrogen-bond donors (Lipinski definition) is 2. The largest absolute Gasteiger partial charge is 0.508 e. The molecule has 0 bridgehead atoms. The minimum absolute atomic E-state index is 0.100. The SMILES string of the molecule is O=C1COC[C@H](c2ccc(O)cc2)N1. The number of carbonyl (C=O) groups excluding carboxylic acids is 1. The summed E-state index contributed by atoms with van der Waals surface area (Å²) in [5.74, 6) is 0.117. The predicted molar refractivity (Wildman–Crippen MR) is 49.8 cm³/mol. The quantitative estimate of drug-likeness (QED) is 0.685. The Balaban J connectivity index is 2.14. The van der Waals surface area contributed by atoms with Crippen LogP contribution >= 0.6 is 0 Å².